The van der Waals surface area contributed by atoms with Gasteiger partial charge in [0.25, 0.3) is 5.91 Å². The molecule has 0 bridgehead atoms. The van der Waals surface area contributed by atoms with Crippen LogP contribution >= 0.6 is 0 Å². The van der Waals surface area contributed by atoms with Gasteiger partial charge in [-0.2, -0.15) is 0 Å². The van der Waals surface area contributed by atoms with Gasteiger partial charge in [0.15, 0.2) is 0 Å². The maximum absolute atomic E-state index is 12.1. The number of carbonyl (C=O) groups is 1. The van der Waals surface area contributed by atoms with E-state index in [0.717, 1.165) is 12.3 Å². The lowest BCUT2D eigenvalue weighted by atomic mass is 9.80. The highest BCUT2D eigenvalue weighted by Crippen LogP contribution is 2.28. The molecule has 4 N–H and O–H groups in total. The molecule has 3 unspecified atom stereocenters. The van der Waals surface area contributed by atoms with E-state index >= 15 is 0 Å². The summed E-state index contributed by atoms with van der Waals surface area (Å²) in [6.07, 6.45) is 4.96. The third kappa shape index (κ3) is 3.44. The Morgan fingerprint density at radius 3 is 2.74 bits per heavy atom. The van der Waals surface area contributed by atoms with E-state index in [2.05, 4.69) is 29.6 Å². The molecule has 104 valence electrons. The van der Waals surface area contributed by atoms with E-state index in [4.69, 9.17) is 5.84 Å². The normalized spacial score (nSPS) is 26.8. The number of nitrogens with one attached hydrogen (secondary N) is 2. The predicted octanol–water partition coefficient (Wildman–Crippen LogP) is 1.92. The lowest BCUT2D eigenvalue weighted by Gasteiger charge is -2.33. The number of hydrazine groups is 1. The number of anilines is 1. The summed E-state index contributed by atoms with van der Waals surface area (Å²) in [4.78, 5) is 16.2. The second kappa shape index (κ2) is 6.02. The van der Waals surface area contributed by atoms with Crippen LogP contribution in [0.1, 0.15) is 43.6 Å². The molecular weight excluding hydrogens is 240 g/mol. The van der Waals surface area contributed by atoms with Gasteiger partial charge < -0.3 is 10.7 Å². The first-order chi connectivity index (χ1) is 9.10. The molecule has 0 radical (unpaired) electrons. The number of nitrogens with zero attached hydrogens (tertiary/aromatic N) is 1. The minimum atomic E-state index is -0.102. The third-order valence-corrected chi connectivity index (χ3v) is 3.91. The van der Waals surface area contributed by atoms with Crippen molar-refractivity contribution in [2.75, 3.05) is 5.43 Å². The lowest BCUT2D eigenvalue weighted by Crippen LogP contribution is -2.42. The molecule has 0 aromatic carbocycles. The Bertz CT molecular complexity index is 432. The molecule has 1 aromatic rings. The highest BCUT2D eigenvalue weighted by molar-refractivity contribution is 5.92. The summed E-state index contributed by atoms with van der Waals surface area (Å²) in [5, 5.41) is 3.09. The smallest absolute Gasteiger partial charge is 0.270 e. The van der Waals surface area contributed by atoms with Gasteiger partial charge in [0.1, 0.15) is 5.69 Å². The van der Waals surface area contributed by atoms with Crippen LogP contribution in [0.3, 0.4) is 0 Å². The molecule has 1 amide bonds. The van der Waals surface area contributed by atoms with Gasteiger partial charge in [0.2, 0.25) is 0 Å². The van der Waals surface area contributed by atoms with Crippen LogP contribution in [0, 0.1) is 11.8 Å². The molecule has 2 rings (SSSR count). The second-order valence-electron chi connectivity index (χ2n) is 5.55. The standard InChI is InChI=1S/C14H22N4O/c1-9-3-5-12(10(2)7-9)17-14(19)13-6-4-11(18-15)8-16-13/h4,6,8-10,12,18H,3,5,7,15H2,1-2H3,(H,17,19). The van der Waals surface area contributed by atoms with Gasteiger partial charge in [-0.15, -0.1) is 0 Å². The van der Waals surface area contributed by atoms with Crippen molar-refractivity contribution in [2.24, 2.45) is 17.7 Å². The predicted molar refractivity (Wildman–Crippen MR) is 75.5 cm³/mol. The number of hydrogen-bond acceptors (Lipinski definition) is 4. The van der Waals surface area contributed by atoms with E-state index in [1.54, 1.807) is 18.3 Å². The zero-order valence-electron chi connectivity index (χ0n) is 11.5. The van der Waals surface area contributed by atoms with Crippen LogP contribution in [-0.2, 0) is 0 Å². The van der Waals surface area contributed by atoms with Crippen molar-refractivity contribution in [2.45, 2.75) is 39.2 Å². The molecule has 0 aliphatic heterocycles. The number of nitrogen functional groups attached to an aromatic ring is 1. The van der Waals surface area contributed by atoms with Crippen molar-refractivity contribution >= 4 is 11.6 Å². The third-order valence-electron chi connectivity index (χ3n) is 3.91. The highest BCUT2D eigenvalue weighted by atomic mass is 16.1. The number of aromatic nitrogens is 1. The van der Waals surface area contributed by atoms with Crippen LogP contribution in [0.4, 0.5) is 5.69 Å². The average Bonchev–Trinajstić information content (AvgIpc) is 2.42. The van der Waals surface area contributed by atoms with Gasteiger partial charge in [-0.05, 0) is 43.2 Å². The Balaban J connectivity index is 1.96. The zero-order valence-corrected chi connectivity index (χ0v) is 11.5. The van der Waals surface area contributed by atoms with Crippen molar-refractivity contribution in [3.8, 4) is 0 Å². The van der Waals surface area contributed by atoms with Crippen LogP contribution < -0.4 is 16.6 Å². The summed E-state index contributed by atoms with van der Waals surface area (Å²) >= 11 is 0. The first-order valence-corrected chi connectivity index (χ1v) is 6.83. The number of nitrogens with two attached hydrogens (primary N) is 1. The molecule has 1 saturated carbocycles. The molecule has 1 fully saturated rings. The summed E-state index contributed by atoms with van der Waals surface area (Å²) in [6.45, 7) is 4.48. The largest absolute Gasteiger partial charge is 0.348 e. The quantitative estimate of drug-likeness (QED) is 0.574. The molecule has 5 nitrogen and oxygen atoms in total. The van der Waals surface area contributed by atoms with Crippen LogP contribution in [0.15, 0.2) is 18.3 Å². The highest BCUT2D eigenvalue weighted by Gasteiger charge is 2.26. The molecule has 1 aromatic heterocycles. The van der Waals surface area contributed by atoms with Gasteiger partial charge >= 0.3 is 0 Å². The average molecular weight is 262 g/mol. The zero-order chi connectivity index (χ0) is 13.8. The van der Waals surface area contributed by atoms with E-state index in [9.17, 15) is 4.79 Å². The van der Waals surface area contributed by atoms with E-state index in [0.29, 0.717) is 17.3 Å². The second-order valence-corrected chi connectivity index (χ2v) is 5.55. The summed E-state index contributed by atoms with van der Waals surface area (Å²) < 4.78 is 0. The minimum Gasteiger partial charge on any atom is -0.348 e. The van der Waals surface area contributed by atoms with Crippen LogP contribution in [0.25, 0.3) is 0 Å². The summed E-state index contributed by atoms with van der Waals surface area (Å²) in [5.41, 5.74) is 3.62. The summed E-state index contributed by atoms with van der Waals surface area (Å²) in [5.74, 6) is 6.45. The number of rotatable bonds is 3. The monoisotopic (exact) mass is 262 g/mol. The molecule has 0 spiro atoms. The Kier molecular flexibility index (Phi) is 4.37. The Labute approximate surface area is 114 Å². The van der Waals surface area contributed by atoms with Gasteiger partial charge in [-0.25, -0.2) is 4.98 Å². The van der Waals surface area contributed by atoms with Crippen LogP contribution in [-0.4, -0.2) is 16.9 Å². The van der Waals surface area contributed by atoms with Crippen molar-refractivity contribution in [3.63, 3.8) is 0 Å². The SMILES string of the molecule is CC1CCC(NC(=O)c2ccc(NN)cn2)C(C)C1. The molecule has 3 atom stereocenters. The first kappa shape index (κ1) is 13.8. The fourth-order valence-corrected chi connectivity index (χ4v) is 2.74. The minimum absolute atomic E-state index is 0.102. The number of carbonyl (C=O) groups excluding carboxylic acids is 1. The molecule has 0 saturated heterocycles. The molecule has 1 heterocycles. The maximum atomic E-state index is 12.1. The van der Waals surface area contributed by atoms with E-state index in [1.165, 1.54) is 12.8 Å². The topological polar surface area (TPSA) is 80.0 Å². The molecular formula is C14H22N4O. The van der Waals surface area contributed by atoms with E-state index in [-0.39, 0.29) is 11.9 Å². The van der Waals surface area contributed by atoms with Gasteiger partial charge in [-0.1, -0.05) is 13.8 Å². The van der Waals surface area contributed by atoms with Crippen molar-refractivity contribution in [1.29, 1.82) is 0 Å². The van der Waals surface area contributed by atoms with Gasteiger partial charge in [0, 0.05) is 6.04 Å². The number of pyridine rings is 1. The van der Waals surface area contributed by atoms with E-state index in [1.807, 2.05) is 0 Å². The van der Waals surface area contributed by atoms with Crippen molar-refractivity contribution < 1.29 is 4.79 Å². The Morgan fingerprint density at radius 2 is 2.16 bits per heavy atom. The lowest BCUT2D eigenvalue weighted by molar-refractivity contribution is 0.0894. The molecule has 19 heavy (non-hydrogen) atoms. The van der Waals surface area contributed by atoms with Crippen LogP contribution in [0.5, 0.6) is 0 Å². The molecule has 1 aliphatic carbocycles. The maximum Gasteiger partial charge on any atom is 0.270 e. The molecule has 5 heteroatoms. The number of amides is 1. The van der Waals surface area contributed by atoms with Gasteiger partial charge in [0.05, 0.1) is 11.9 Å². The first-order valence-electron chi connectivity index (χ1n) is 6.83. The number of hydrogen-bond donors (Lipinski definition) is 3. The Morgan fingerprint density at radius 1 is 1.37 bits per heavy atom. The fraction of sp³-hybridized carbons (Fsp3) is 0.571. The van der Waals surface area contributed by atoms with Crippen molar-refractivity contribution in [3.05, 3.63) is 24.0 Å². The Hall–Kier alpha value is -1.62. The fourth-order valence-electron chi connectivity index (χ4n) is 2.74. The van der Waals surface area contributed by atoms with Crippen LogP contribution in [0.2, 0.25) is 0 Å². The molecule has 1 aliphatic rings. The van der Waals surface area contributed by atoms with Crippen molar-refractivity contribution in [1.82, 2.24) is 10.3 Å². The summed E-state index contributed by atoms with van der Waals surface area (Å²) in [6, 6.07) is 3.69. The van der Waals surface area contributed by atoms with Gasteiger partial charge in [-0.3, -0.25) is 10.6 Å². The van der Waals surface area contributed by atoms with E-state index < -0.39 is 0 Å². The summed E-state index contributed by atoms with van der Waals surface area (Å²) in [7, 11) is 0.